The fourth-order valence-electron chi connectivity index (χ4n) is 2.01. The van der Waals surface area contributed by atoms with Crippen molar-refractivity contribution in [2.24, 2.45) is 0 Å². The predicted octanol–water partition coefficient (Wildman–Crippen LogP) is 4.06. The monoisotopic (exact) mass is 267 g/mol. The van der Waals surface area contributed by atoms with Gasteiger partial charge in [0.25, 0.3) is 0 Å². The van der Waals surface area contributed by atoms with Gasteiger partial charge in [0.05, 0.1) is 0 Å². The van der Waals surface area contributed by atoms with Gasteiger partial charge in [0, 0.05) is 11.6 Å². The smallest absolute Gasteiger partial charge is 0.124 e. The van der Waals surface area contributed by atoms with Gasteiger partial charge in [0.2, 0.25) is 0 Å². The van der Waals surface area contributed by atoms with E-state index in [-0.39, 0.29) is 6.04 Å². The molecule has 1 N–H and O–H groups in total. The second-order valence-corrected chi connectivity index (χ2v) is 4.67. The maximum Gasteiger partial charge on any atom is 0.124 e. The van der Waals surface area contributed by atoms with Crippen LogP contribution in [0.4, 0.5) is 0 Å². The Morgan fingerprint density at radius 3 is 2.50 bits per heavy atom. The highest BCUT2D eigenvalue weighted by atomic mass is 16.5. The molecule has 0 saturated carbocycles. The van der Waals surface area contributed by atoms with Gasteiger partial charge in [0.15, 0.2) is 0 Å². The highest BCUT2D eigenvalue weighted by Gasteiger charge is 2.08. The molecule has 0 amide bonds. The van der Waals surface area contributed by atoms with Crippen molar-refractivity contribution in [3.8, 4) is 5.75 Å². The number of benzene rings is 2. The fourth-order valence-corrected chi connectivity index (χ4v) is 2.01. The first-order chi connectivity index (χ1) is 9.81. The van der Waals surface area contributed by atoms with Crippen molar-refractivity contribution in [3.05, 3.63) is 71.8 Å². The summed E-state index contributed by atoms with van der Waals surface area (Å²) >= 11 is 0. The lowest BCUT2D eigenvalue weighted by Crippen LogP contribution is -2.13. The summed E-state index contributed by atoms with van der Waals surface area (Å²) in [4.78, 5) is 0. The molecule has 2 nitrogen and oxygen atoms in total. The van der Waals surface area contributed by atoms with Crippen LogP contribution in [-0.2, 0) is 0 Å². The molecule has 0 spiro atoms. The van der Waals surface area contributed by atoms with Crippen LogP contribution in [0.1, 0.15) is 24.1 Å². The van der Waals surface area contributed by atoms with Crippen molar-refractivity contribution in [3.63, 3.8) is 0 Å². The summed E-state index contributed by atoms with van der Waals surface area (Å²) in [7, 11) is 1.96. The van der Waals surface area contributed by atoms with Gasteiger partial charge < -0.3 is 10.1 Å². The van der Waals surface area contributed by atoms with E-state index < -0.39 is 0 Å². The third-order valence-electron chi connectivity index (χ3n) is 3.26. The van der Waals surface area contributed by atoms with Crippen LogP contribution in [0, 0.1) is 0 Å². The van der Waals surface area contributed by atoms with E-state index in [2.05, 4.69) is 36.5 Å². The van der Waals surface area contributed by atoms with E-state index in [4.69, 9.17) is 4.74 Å². The van der Waals surface area contributed by atoms with Gasteiger partial charge in [-0.05, 0) is 31.7 Å². The zero-order chi connectivity index (χ0) is 14.2. The molecule has 0 aliphatic carbocycles. The van der Waals surface area contributed by atoms with Crippen molar-refractivity contribution in [2.75, 3.05) is 13.7 Å². The number of ether oxygens (including phenoxy) is 1. The van der Waals surface area contributed by atoms with E-state index >= 15 is 0 Å². The Balaban J connectivity index is 1.96. The van der Waals surface area contributed by atoms with Crippen LogP contribution in [0.15, 0.2) is 60.7 Å². The molecule has 2 aromatic carbocycles. The number of hydrogen-bond donors (Lipinski definition) is 1. The normalized spacial score (nSPS) is 12.5. The molecule has 2 heteroatoms. The minimum absolute atomic E-state index is 0.282. The molecule has 104 valence electrons. The molecular formula is C18H21NO. The van der Waals surface area contributed by atoms with E-state index in [0.29, 0.717) is 6.61 Å². The third-order valence-corrected chi connectivity index (χ3v) is 3.26. The largest absolute Gasteiger partial charge is 0.489 e. The van der Waals surface area contributed by atoms with E-state index in [1.165, 1.54) is 11.1 Å². The van der Waals surface area contributed by atoms with Crippen LogP contribution in [0.5, 0.6) is 5.75 Å². The van der Waals surface area contributed by atoms with Gasteiger partial charge in [0.1, 0.15) is 12.4 Å². The Bertz CT molecular complexity index is 548. The second-order valence-electron chi connectivity index (χ2n) is 4.67. The molecule has 0 aromatic heterocycles. The molecule has 2 rings (SSSR count). The number of nitrogens with one attached hydrogen (secondary N) is 1. The molecule has 0 bridgehead atoms. The summed E-state index contributed by atoms with van der Waals surface area (Å²) in [6.07, 6.45) is 4.11. The molecule has 0 fully saturated rings. The maximum atomic E-state index is 5.86. The van der Waals surface area contributed by atoms with Crippen molar-refractivity contribution >= 4 is 6.08 Å². The molecule has 0 aliphatic heterocycles. The molecule has 1 atom stereocenters. The van der Waals surface area contributed by atoms with E-state index in [9.17, 15) is 0 Å². The van der Waals surface area contributed by atoms with E-state index in [0.717, 1.165) is 5.75 Å². The molecular weight excluding hydrogens is 246 g/mol. The molecule has 0 heterocycles. The van der Waals surface area contributed by atoms with Crippen LogP contribution in [0.25, 0.3) is 6.08 Å². The molecule has 0 radical (unpaired) electrons. The lowest BCUT2D eigenvalue weighted by atomic mass is 10.1. The minimum Gasteiger partial charge on any atom is -0.489 e. The van der Waals surface area contributed by atoms with Crippen LogP contribution < -0.4 is 10.1 Å². The van der Waals surface area contributed by atoms with Gasteiger partial charge in [-0.25, -0.2) is 0 Å². The van der Waals surface area contributed by atoms with Gasteiger partial charge in [-0.15, -0.1) is 0 Å². The van der Waals surface area contributed by atoms with Crippen LogP contribution in [0.2, 0.25) is 0 Å². The van der Waals surface area contributed by atoms with Crippen LogP contribution in [-0.4, -0.2) is 13.7 Å². The molecule has 0 aliphatic rings. The molecule has 2 aromatic rings. The van der Waals surface area contributed by atoms with E-state index in [1.54, 1.807) is 0 Å². The van der Waals surface area contributed by atoms with Gasteiger partial charge in [-0.1, -0.05) is 54.6 Å². The highest BCUT2D eigenvalue weighted by molar-refractivity contribution is 5.48. The standard InChI is InChI=1S/C18H21NO/c1-15(19-2)17-12-6-7-13-18(17)20-14-8-11-16-9-4-3-5-10-16/h3-13,15,19H,14H2,1-2H3/b11-8+. The van der Waals surface area contributed by atoms with Gasteiger partial charge >= 0.3 is 0 Å². The Labute approximate surface area is 121 Å². The average Bonchev–Trinajstić information content (AvgIpc) is 2.52. The Kier molecular flexibility index (Phi) is 5.39. The topological polar surface area (TPSA) is 21.3 Å². The van der Waals surface area contributed by atoms with Crippen molar-refractivity contribution < 1.29 is 4.74 Å². The quantitative estimate of drug-likeness (QED) is 0.852. The van der Waals surface area contributed by atoms with Gasteiger partial charge in [-0.2, -0.15) is 0 Å². The summed E-state index contributed by atoms with van der Waals surface area (Å²) in [6, 6.07) is 18.7. The fraction of sp³-hybridized carbons (Fsp3) is 0.222. The summed E-state index contributed by atoms with van der Waals surface area (Å²) in [5.41, 5.74) is 2.37. The lowest BCUT2D eigenvalue weighted by Gasteiger charge is -2.15. The zero-order valence-electron chi connectivity index (χ0n) is 12.0. The predicted molar refractivity (Wildman–Crippen MR) is 84.9 cm³/mol. The SMILES string of the molecule is CNC(C)c1ccccc1OC/C=C/c1ccccc1. The number of hydrogen-bond acceptors (Lipinski definition) is 2. The van der Waals surface area contributed by atoms with Crippen molar-refractivity contribution in [1.82, 2.24) is 5.32 Å². The highest BCUT2D eigenvalue weighted by Crippen LogP contribution is 2.24. The number of rotatable bonds is 6. The third kappa shape index (κ3) is 3.97. The minimum atomic E-state index is 0.282. The van der Waals surface area contributed by atoms with Crippen LogP contribution in [0.3, 0.4) is 0 Å². The molecule has 1 unspecified atom stereocenters. The molecule has 20 heavy (non-hydrogen) atoms. The van der Waals surface area contributed by atoms with Gasteiger partial charge in [-0.3, -0.25) is 0 Å². The van der Waals surface area contributed by atoms with Crippen molar-refractivity contribution in [2.45, 2.75) is 13.0 Å². The zero-order valence-corrected chi connectivity index (χ0v) is 12.0. The first-order valence-corrected chi connectivity index (χ1v) is 6.92. The Morgan fingerprint density at radius 1 is 1.05 bits per heavy atom. The maximum absolute atomic E-state index is 5.86. The summed E-state index contributed by atoms with van der Waals surface area (Å²) < 4.78 is 5.86. The summed E-state index contributed by atoms with van der Waals surface area (Å²) in [6.45, 7) is 2.70. The summed E-state index contributed by atoms with van der Waals surface area (Å²) in [5, 5.41) is 3.24. The van der Waals surface area contributed by atoms with E-state index in [1.807, 2.05) is 49.5 Å². The Morgan fingerprint density at radius 2 is 1.75 bits per heavy atom. The Hall–Kier alpha value is -2.06. The average molecular weight is 267 g/mol. The first-order valence-electron chi connectivity index (χ1n) is 6.92. The van der Waals surface area contributed by atoms with Crippen LogP contribution >= 0.6 is 0 Å². The first kappa shape index (κ1) is 14.4. The number of para-hydroxylation sites is 1. The molecule has 0 saturated heterocycles. The summed E-state index contributed by atoms with van der Waals surface area (Å²) in [5.74, 6) is 0.937. The van der Waals surface area contributed by atoms with Crippen molar-refractivity contribution in [1.29, 1.82) is 0 Å². The second kappa shape index (κ2) is 7.51. The lowest BCUT2D eigenvalue weighted by molar-refractivity contribution is 0.355.